The molecule has 118 valence electrons. The second-order valence-corrected chi connectivity index (χ2v) is 6.50. The second-order valence-electron chi connectivity index (χ2n) is 5.65. The Hall–Kier alpha value is -0.420. The zero-order valence-corrected chi connectivity index (χ0v) is 14.7. The van der Waals surface area contributed by atoms with Gasteiger partial charge in [0.05, 0.1) is 6.10 Å². The van der Waals surface area contributed by atoms with Crippen LogP contribution in [0.3, 0.4) is 0 Å². The van der Waals surface area contributed by atoms with Gasteiger partial charge in [-0.15, -0.1) is 0 Å². The average molecular weight is 355 g/mol. The van der Waals surface area contributed by atoms with Crippen LogP contribution in [0.1, 0.15) is 37.8 Å². The third kappa shape index (κ3) is 5.06. The number of nitrogens with zero attached hydrogens (tertiary/aromatic N) is 1. The van der Waals surface area contributed by atoms with Crippen molar-refractivity contribution in [1.29, 1.82) is 0 Å². The zero-order valence-electron chi connectivity index (χ0n) is 13.1. The fourth-order valence-corrected chi connectivity index (χ4v) is 3.62. The summed E-state index contributed by atoms with van der Waals surface area (Å²) in [4.78, 5) is 2.57. The number of nitrogens with one attached hydrogen (secondary N) is 1. The van der Waals surface area contributed by atoms with Gasteiger partial charge < -0.3 is 15.0 Å². The molecule has 1 fully saturated rings. The standard InChI is InChI=1S/C17H27BrN2O/c1-3-21-14-8-11-20(12-9-14)13-10-17(19-2)15-6-4-5-7-16(15)18/h4-7,14,17,19H,3,8-13H2,1-2H3. The maximum Gasteiger partial charge on any atom is 0.0599 e. The molecule has 4 heteroatoms. The van der Waals surface area contributed by atoms with Crippen LogP contribution in [-0.4, -0.2) is 44.3 Å². The number of benzene rings is 1. The minimum atomic E-state index is 0.408. The van der Waals surface area contributed by atoms with Crippen LogP contribution in [0.2, 0.25) is 0 Å². The average Bonchev–Trinajstić information content (AvgIpc) is 2.51. The summed E-state index contributed by atoms with van der Waals surface area (Å²) >= 11 is 3.66. The first-order valence-corrected chi connectivity index (χ1v) is 8.79. The molecule has 0 spiro atoms. The van der Waals surface area contributed by atoms with Gasteiger partial charge >= 0.3 is 0 Å². The summed E-state index contributed by atoms with van der Waals surface area (Å²) in [5.41, 5.74) is 1.35. The molecule has 0 amide bonds. The lowest BCUT2D eigenvalue weighted by Gasteiger charge is -2.32. The smallest absolute Gasteiger partial charge is 0.0599 e. The molecule has 21 heavy (non-hydrogen) atoms. The maximum atomic E-state index is 5.72. The highest BCUT2D eigenvalue weighted by Gasteiger charge is 2.20. The summed E-state index contributed by atoms with van der Waals surface area (Å²) < 4.78 is 6.91. The quantitative estimate of drug-likeness (QED) is 0.809. The number of hydrogen-bond donors (Lipinski definition) is 1. The van der Waals surface area contributed by atoms with Crippen LogP contribution in [-0.2, 0) is 4.74 Å². The van der Waals surface area contributed by atoms with Crippen LogP contribution in [0.5, 0.6) is 0 Å². The highest BCUT2D eigenvalue weighted by atomic mass is 79.9. The van der Waals surface area contributed by atoms with E-state index in [1.807, 2.05) is 7.05 Å². The van der Waals surface area contributed by atoms with E-state index in [1.165, 1.54) is 22.9 Å². The fourth-order valence-electron chi connectivity index (χ4n) is 3.06. The SMILES string of the molecule is CCOC1CCN(CCC(NC)c2ccccc2Br)CC1. The van der Waals surface area contributed by atoms with Crippen molar-refractivity contribution in [1.82, 2.24) is 10.2 Å². The number of likely N-dealkylation sites (tertiary alicyclic amines) is 1. The first kappa shape index (κ1) is 16.9. The van der Waals surface area contributed by atoms with Crippen molar-refractivity contribution >= 4 is 15.9 Å². The Morgan fingerprint density at radius 3 is 2.67 bits per heavy atom. The van der Waals surface area contributed by atoms with E-state index >= 15 is 0 Å². The van der Waals surface area contributed by atoms with Gasteiger partial charge in [-0.1, -0.05) is 34.1 Å². The molecule has 1 saturated heterocycles. The molecular weight excluding hydrogens is 328 g/mol. The largest absolute Gasteiger partial charge is 0.378 e. The summed E-state index contributed by atoms with van der Waals surface area (Å²) in [6, 6.07) is 8.90. The Morgan fingerprint density at radius 1 is 1.33 bits per heavy atom. The van der Waals surface area contributed by atoms with Gasteiger partial charge in [0.15, 0.2) is 0 Å². The lowest BCUT2D eigenvalue weighted by atomic mass is 10.0. The minimum Gasteiger partial charge on any atom is -0.378 e. The number of halogens is 1. The van der Waals surface area contributed by atoms with Gasteiger partial charge in [-0.3, -0.25) is 0 Å². The van der Waals surface area contributed by atoms with Gasteiger partial charge in [-0.05, 0) is 51.4 Å². The highest BCUT2D eigenvalue weighted by molar-refractivity contribution is 9.10. The molecule has 1 N–H and O–H groups in total. The van der Waals surface area contributed by atoms with Crippen LogP contribution in [0.25, 0.3) is 0 Å². The van der Waals surface area contributed by atoms with Gasteiger partial charge in [0.2, 0.25) is 0 Å². The predicted molar refractivity (Wildman–Crippen MR) is 91.6 cm³/mol. The van der Waals surface area contributed by atoms with E-state index in [0.717, 1.165) is 32.7 Å². The summed E-state index contributed by atoms with van der Waals surface area (Å²) in [6.45, 7) is 6.40. The van der Waals surface area contributed by atoms with E-state index in [2.05, 4.69) is 57.3 Å². The topological polar surface area (TPSA) is 24.5 Å². The number of hydrogen-bond acceptors (Lipinski definition) is 3. The number of ether oxygens (including phenoxy) is 1. The Kier molecular flexibility index (Phi) is 7.17. The molecule has 2 rings (SSSR count). The molecule has 1 heterocycles. The van der Waals surface area contributed by atoms with Crippen molar-refractivity contribution in [3.8, 4) is 0 Å². The third-order valence-electron chi connectivity index (χ3n) is 4.30. The minimum absolute atomic E-state index is 0.408. The Morgan fingerprint density at radius 2 is 2.05 bits per heavy atom. The second kappa shape index (κ2) is 8.89. The maximum absolute atomic E-state index is 5.72. The van der Waals surface area contributed by atoms with Crippen molar-refractivity contribution in [2.24, 2.45) is 0 Å². The van der Waals surface area contributed by atoms with Gasteiger partial charge in [0.1, 0.15) is 0 Å². The molecule has 0 aliphatic carbocycles. The molecule has 3 nitrogen and oxygen atoms in total. The van der Waals surface area contributed by atoms with E-state index in [-0.39, 0.29) is 0 Å². The molecule has 0 aromatic heterocycles. The van der Waals surface area contributed by atoms with E-state index in [1.54, 1.807) is 0 Å². The van der Waals surface area contributed by atoms with Gasteiger partial charge in [0.25, 0.3) is 0 Å². The Balaban J connectivity index is 1.81. The third-order valence-corrected chi connectivity index (χ3v) is 5.02. The van der Waals surface area contributed by atoms with E-state index < -0.39 is 0 Å². The predicted octanol–water partition coefficient (Wildman–Crippen LogP) is 3.60. The number of rotatable bonds is 7. The Bertz CT molecular complexity index is 419. The first-order chi connectivity index (χ1) is 10.2. The molecule has 0 saturated carbocycles. The van der Waals surface area contributed by atoms with E-state index in [0.29, 0.717) is 12.1 Å². The Labute approximate surface area is 137 Å². The molecule has 1 atom stereocenters. The molecule has 1 aliphatic heterocycles. The van der Waals surface area contributed by atoms with E-state index in [4.69, 9.17) is 4.74 Å². The van der Waals surface area contributed by atoms with Gasteiger partial charge in [-0.2, -0.15) is 0 Å². The molecule has 1 unspecified atom stereocenters. The van der Waals surface area contributed by atoms with Gasteiger partial charge in [0, 0.05) is 30.2 Å². The van der Waals surface area contributed by atoms with Gasteiger partial charge in [-0.25, -0.2) is 0 Å². The van der Waals surface area contributed by atoms with E-state index in [9.17, 15) is 0 Å². The fraction of sp³-hybridized carbons (Fsp3) is 0.647. The van der Waals surface area contributed by atoms with Crippen molar-refractivity contribution in [3.05, 3.63) is 34.3 Å². The lowest BCUT2D eigenvalue weighted by molar-refractivity contribution is 0.0136. The van der Waals surface area contributed by atoms with Crippen LogP contribution in [0.15, 0.2) is 28.7 Å². The van der Waals surface area contributed by atoms with Crippen LogP contribution >= 0.6 is 15.9 Å². The molecular formula is C17H27BrN2O. The molecule has 0 radical (unpaired) electrons. The lowest BCUT2D eigenvalue weighted by Crippen LogP contribution is -2.38. The highest BCUT2D eigenvalue weighted by Crippen LogP contribution is 2.26. The molecule has 1 aromatic rings. The molecule has 0 bridgehead atoms. The summed E-state index contributed by atoms with van der Waals surface area (Å²) in [5, 5.41) is 3.45. The van der Waals surface area contributed by atoms with Crippen molar-refractivity contribution in [2.75, 3.05) is 33.3 Å². The summed E-state index contributed by atoms with van der Waals surface area (Å²) in [7, 11) is 2.05. The zero-order chi connectivity index (χ0) is 15.1. The van der Waals surface area contributed by atoms with Crippen molar-refractivity contribution in [3.63, 3.8) is 0 Å². The molecule has 1 aliphatic rings. The van der Waals surface area contributed by atoms with Crippen LogP contribution in [0, 0.1) is 0 Å². The molecule has 1 aromatic carbocycles. The van der Waals surface area contributed by atoms with Crippen molar-refractivity contribution in [2.45, 2.75) is 38.3 Å². The van der Waals surface area contributed by atoms with Crippen LogP contribution < -0.4 is 5.32 Å². The summed E-state index contributed by atoms with van der Waals surface area (Å²) in [5.74, 6) is 0. The monoisotopic (exact) mass is 354 g/mol. The summed E-state index contributed by atoms with van der Waals surface area (Å²) in [6.07, 6.45) is 3.97. The first-order valence-electron chi connectivity index (χ1n) is 8.00. The van der Waals surface area contributed by atoms with Crippen LogP contribution in [0.4, 0.5) is 0 Å². The normalized spacial score (nSPS) is 18.8. The van der Waals surface area contributed by atoms with Crippen molar-refractivity contribution < 1.29 is 4.74 Å². The number of piperidine rings is 1.